The quantitative estimate of drug-likeness (QED) is 0.821. The summed E-state index contributed by atoms with van der Waals surface area (Å²) in [6.45, 7) is 0.280. The molecule has 1 aromatic heterocycles. The molecular formula is C7H9BrN2O2S. The molecule has 0 radical (unpaired) electrons. The van der Waals surface area contributed by atoms with E-state index in [1.807, 2.05) is 6.07 Å². The van der Waals surface area contributed by atoms with Crippen molar-refractivity contribution in [3.8, 4) is 0 Å². The summed E-state index contributed by atoms with van der Waals surface area (Å²) in [6.07, 6.45) is 3.26. The summed E-state index contributed by atoms with van der Waals surface area (Å²) in [5.74, 6) is 0. The van der Waals surface area contributed by atoms with Gasteiger partial charge in [0.05, 0.1) is 0 Å². The van der Waals surface area contributed by atoms with Crippen molar-refractivity contribution in [2.24, 2.45) is 0 Å². The van der Waals surface area contributed by atoms with Crippen LogP contribution in [0.2, 0.25) is 0 Å². The zero-order valence-corrected chi connectivity index (χ0v) is 9.18. The Hall–Kier alpha value is -0.460. The third-order valence-corrected chi connectivity index (χ3v) is 4.04. The van der Waals surface area contributed by atoms with Gasteiger partial charge >= 0.3 is 0 Å². The van der Waals surface area contributed by atoms with Crippen molar-refractivity contribution in [3.05, 3.63) is 30.1 Å². The van der Waals surface area contributed by atoms with Crippen LogP contribution < -0.4 is 4.72 Å². The number of hydrogen-bond acceptors (Lipinski definition) is 3. The zero-order valence-electron chi connectivity index (χ0n) is 6.77. The molecule has 0 fully saturated rings. The van der Waals surface area contributed by atoms with Gasteiger partial charge in [0.25, 0.3) is 0 Å². The molecule has 0 aliphatic carbocycles. The van der Waals surface area contributed by atoms with E-state index < -0.39 is 10.0 Å². The van der Waals surface area contributed by atoms with Crippen molar-refractivity contribution in [1.29, 1.82) is 0 Å². The van der Waals surface area contributed by atoms with Crippen LogP contribution in [-0.4, -0.2) is 18.1 Å². The Morgan fingerprint density at radius 3 is 2.85 bits per heavy atom. The van der Waals surface area contributed by atoms with Gasteiger partial charge in [-0.25, -0.2) is 13.1 Å². The maximum absolute atomic E-state index is 11.0. The molecule has 13 heavy (non-hydrogen) atoms. The molecule has 1 N–H and O–H groups in total. The van der Waals surface area contributed by atoms with Crippen LogP contribution in [0.4, 0.5) is 0 Å². The van der Waals surface area contributed by atoms with Crippen molar-refractivity contribution in [2.45, 2.75) is 6.54 Å². The molecule has 0 aromatic carbocycles. The van der Waals surface area contributed by atoms with Crippen molar-refractivity contribution in [1.82, 2.24) is 9.71 Å². The lowest BCUT2D eigenvalue weighted by molar-refractivity contribution is 0.586. The van der Waals surface area contributed by atoms with Gasteiger partial charge in [-0.15, -0.1) is 0 Å². The van der Waals surface area contributed by atoms with E-state index in [4.69, 9.17) is 0 Å². The van der Waals surface area contributed by atoms with Gasteiger partial charge in [0, 0.05) is 18.9 Å². The number of halogens is 1. The topological polar surface area (TPSA) is 59.1 Å². The average Bonchev–Trinajstić information content (AvgIpc) is 2.17. The average molecular weight is 265 g/mol. The van der Waals surface area contributed by atoms with E-state index in [9.17, 15) is 8.42 Å². The molecule has 0 unspecified atom stereocenters. The van der Waals surface area contributed by atoms with Crippen molar-refractivity contribution >= 4 is 26.0 Å². The van der Waals surface area contributed by atoms with E-state index in [1.165, 1.54) is 0 Å². The molecule has 0 aliphatic rings. The second-order valence-corrected chi connectivity index (χ2v) is 5.52. The third kappa shape index (κ3) is 3.84. The summed E-state index contributed by atoms with van der Waals surface area (Å²) in [6, 6.07) is 3.57. The fourth-order valence-electron chi connectivity index (χ4n) is 0.735. The van der Waals surface area contributed by atoms with Crippen LogP contribution in [0.1, 0.15) is 5.56 Å². The highest BCUT2D eigenvalue weighted by Gasteiger charge is 2.05. The molecule has 1 aromatic rings. The monoisotopic (exact) mass is 264 g/mol. The van der Waals surface area contributed by atoms with Crippen LogP contribution in [0.15, 0.2) is 24.5 Å². The first-order valence-corrected chi connectivity index (χ1v) is 6.33. The van der Waals surface area contributed by atoms with Crippen molar-refractivity contribution < 1.29 is 8.42 Å². The molecular weight excluding hydrogens is 256 g/mol. The lowest BCUT2D eigenvalue weighted by Crippen LogP contribution is -2.23. The lowest BCUT2D eigenvalue weighted by Gasteiger charge is -2.02. The minimum Gasteiger partial charge on any atom is -0.264 e. The fraction of sp³-hybridized carbons (Fsp3) is 0.286. The van der Waals surface area contributed by atoms with Crippen LogP contribution in [0.25, 0.3) is 0 Å². The normalized spacial score (nSPS) is 11.5. The van der Waals surface area contributed by atoms with Crippen LogP contribution >= 0.6 is 15.9 Å². The van der Waals surface area contributed by atoms with Crippen LogP contribution in [0.5, 0.6) is 0 Å². The van der Waals surface area contributed by atoms with Gasteiger partial charge in [-0.2, -0.15) is 0 Å². The Morgan fingerprint density at radius 2 is 2.31 bits per heavy atom. The number of pyridine rings is 1. The van der Waals surface area contributed by atoms with Crippen molar-refractivity contribution in [2.75, 3.05) is 4.66 Å². The Morgan fingerprint density at radius 1 is 1.54 bits per heavy atom. The Kier molecular flexibility index (Phi) is 3.83. The summed E-state index contributed by atoms with van der Waals surface area (Å²) in [4.78, 5) is 3.86. The first-order valence-electron chi connectivity index (χ1n) is 3.56. The van der Waals surface area contributed by atoms with Gasteiger partial charge in [-0.1, -0.05) is 22.0 Å². The minimum absolute atomic E-state index is 0.0831. The van der Waals surface area contributed by atoms with E-state index in [-0.39, 0.29) is 11.2 Å². The molecule has 0 amide bonds. The molecule has 0 atom stereocenters. The van der Waals surface area contributed by atoms with Gasteiger partial charge < -0.3 is 0 Å². The summed E-state index contributed by atoms with van der Waals surface area (Å²) < 4.78 is 24.3. The van der Waals surface area contributed by atoms with Crippen molar-refractivity contribution in [3.63, 3.8) is 0 Å². The van der Waals surface area contributed by atoms with Gasteiger partial charge in [-0.05, 0) is 11.6 Å². The Labute approximate surface area is 85.6 Å². The summed E-state index contributed by atoms with van der Waals surface area (Å²) >= 11 is 2.88. The molecule has 0 saturated heterocycles. The second kappa shape index (κ2) is 4.69. The first kappa shape index (κ1) is 10.6. The largest absolute Gasteiger partial charge is 0.264 e. The van der Waals surface area contributed by atoms with Crippen LogP contribution in [0, 0.1) is 0 Å². The van der Waals surface area contributed by atoms with E-state index in [1.54, 1.807) is 18.5 Å². The number of nitrogens with zero attached hydrogens (tertiary/aromatic N) is 1. The third-order valence-electron chi connectivity index (χ3n) is 1.36. The predicted molar refractivity (Wildman–Crippen MR) is 53.8 cm³/mol. The number of hydrogen-bond donors (Lipinski definition) is 1. The first-order chi connectivity index (χ1) is 6.14. The Bertz CT molecular complexity index is 352. The highest BCUT2D eigenvalue weighted by Crippen LogP contribution is 1.97. The predicted octanol–water partition coefficient (Wildman–Crippen LogP) is 0.853. The molecule has 0 saturated carbocycles. The van der Waals surface area contributed by atoms with E-state index >= 15 is 0 Å². The number of alkyl halides is 1. The molecule has 6 heteroatoms. The van der Waals surface area contributed by atoms with E-state index in [0.29, 0.717) is 0 Å². The number of rotatable bonds is 4. The molecule has 1 heterocycles. The molecule has 0 aliphatic heterocycles. The summed E-state index contributed by atoms with van der Waals surface area (Å²) in [5.41, 5.74) is 0.840. The maximum atomic E-state index is 11.0. The highest BCUT2D eigenvalue weighted by molar-refractivity contribution is 9.10. The highest BCUT2D eigenvalue weighted by atomic mass is 79.9. The second-order valence-electron chi connectivity index (χ2n) is 2.41. The van der Waals surface area contributed by atoms with Crippen LogP contribution in [-0.2, 0) is 16.6 Å². The van der Waals surface area contributed by atoms with Crippen LogP contribution in [0.3, 0.4) is 0 Å². The minimum atomic E-state index is -3.18. The molecule has 72 valence electrons. The standard InChI is InChI=1S/C7H9BrN2O2S/c8-6-13(11,12)10-5-7-2-1-3-9-4-7/h1-4,10H,5-6H2. The molecule has 0 bridgehead atoms. The van der Waals surface area contributed by atoms with E-state index in [2.05, 4.69) is 25.6 Å². The fourth-order valence-corrected chi connectivity index (χ4v) is 1.68. The lowest BCUT2D eigenvalue weighted by atomic mass is 10.3. The van der Waals surface area contributed by atoms with Gasteiger partial charge in [0.1, 0.15) is 4.66 Å². The van der Waals surface area contributed by atoms with Gasteiger partial charge in [0.2, 0.25) is 10.0 Å². The van der Waals surface area contributed by atoms with E-state index in [0.717, 1.165) is 5.56 Å². The molecule has 4 nitrogen and oxygen atoms in total. The smallest absolute Gasteiger partial charge is 0.221 e. The molecule has 0 spiro atoms. The zero-order chi connectivity index (χ0) is 9.73. The van der Waals surface area contributed by atoms with Gasteiger partial charge in [-0.3, -0.25) is 4.98 Å². The number of nitrogens with one attached hydrogen (secondary N) is 1. The molecule has 1 rings (SSSR count). The SMILES string of the molecule is O=S(=O)(CBr)NCc1cccnc1. The summed E-state index contributed by atoms with van der Waals surface area (Å²) in [5, 5.41) is 0. The maximum Gasteiger partial charge on any atom is 0.221 e. The summed E-state index contributed by atoms with van der Waals surface area (Å²) in [7, 11) is -3.18. The number of aromatic nitrogens is 1. The Balaban J connectivity index is 2.54. The number of sulfonamides is 1. The van der Waals surface area contributed by atoms with Gasteiger partial charge in [0.15, 0.2) is 0 Å².